The fraction of sp³-hybridized carbons (Fsp3) is 0.400. The molecule has 1 aromatic carbocycles. The average molecular weight is 280 g/mol. The van der Waals surface area contributed by atoms with Crippen molar-refractivity contribution in [3.8, 4) is 5.75 Å². The highest BCUT2D eigenvalue weighted by molar-refractivity contribution is 6.30. The Kier molecular flexibility index (Phi) is 5.28. The first-order valence-corrected chi connectivity index (χ1v) is 6.94. The lowest BCUT2D eigenvalue weighted by Crippen LogP contribution is -2.34. The van der Waals surface area contributed by atoms with Crippen LogP contribution in [0, 0.1) is 5.92 Å². The molecule has 0 saturated heterocycles. The molecule has 102 valence electrons. The van der Waals surface area contributed by atoms with Crippen molar-refractivity contribution in [1.82, 2.24) is 5.32 Å². The van der Waals surface area contributed by atoms with Crippen LogP contribution in [0.25, 0.3) is 0 Å². The number of halogens is 1. The number of hydrogen-bond acceptors (Lipinski definition) is 2. The largest absolute Gasteiger partial charge is 0.492 e. The van der Waals surface area contributed by atoms with Gasteiger partial charge in [0.2, 0.25) is 5.91 Å². The number of rotatable bonds is 5. The van der Waals surface area contributed by atoms with Gasteiger partial charge in [-0.3, -0.25) is 4.79 Å². The molecular weight excluding hydrogens is 262 g/mol. The molecule has 3 nitrogen and oxygen atoms in total. The summed E-state index contributed by atoms with van der Waals surface area (Å²) in [5.74, 6) is 1.02. The molecule has 1 aromatic rings. The molecule has 1 aliphatic rings. The Morgan fingerprint density at radius 1 is 1.32 bits per heavy atom. The van der Waals surface area contributed by atoms with Crippen LogP contribution in [0.1, 0.15) is 19.3 Å². The van der Waals surface area contributed by atoms with E-state index in [-0.39, 0.29) is 11.8 Å². The van der Waals surface area contributed by atoms with Gasteiger partial charge < -0.3 is 10.1 Å². The molecule has 1 unspecified atom stereocenters. The average Bonchev–Trinajstić information content (AvgIpc) is 2.46. The Labute approximate surface area is 118 Å². The maximum absolute atomic E-state index is 11.8. The van der Waals surface area contributed by atoms with Gasteiger partial charge in [-0.05, 0) is 43.5 Å². The number of nitrogens with one attached hydrogen (secondary N) is 1. The highest BCUT2D eigenvalue weighted by Gasteiger charge is 2.17. The van der Waals surface area contributed by atoms with Crippen LogP contribution < -0.4 is 10.1 Å². The molecule has 0 fully saturated rings. The summed E-state index contributed by atoms with van der Waals surface area (Å²) in [6.45, 7) is 0.998. The second kappa shape index (κ2) is 7.19. The van der Waals surface area contributed by atoms with Gasteiger partial charge in [-0.1, -0.05) is 23.8 Å². The summed E-state index contributed by atoms with van der Waals surface area (Å²) in [6, 6.07) is 7.19. The quantitative estimate of drug-likeness (QED) is 0.664. The van der Waals surface area contributed by atoms with E-state index in [1.54, 1.807) is 12.1 Å². The third-order valence-corrected chi connectivity index (χ3v) is 3.38. The molecule has 4 heteroatoms. The highest BCUT2D eigenvalue weighted by atomic mass is 35.5. The van der Waals surface area contributed by atoms with Gasteiger partial charge in [-0.15, -0.1) is 0 Å². The Morgan fingerprint density at radius 2 is 2.11 bits per heavy atom. The van der Waals surface area contributed by atoms with E-state index in [1.165, 1.54) is 0 Å². The number of amides is 1. The highest BCUT2D eigenvalue weighted by Crippen LogP contribution is 2.18. The van der Waals surface area contributed by atoms with Crippen molar-refractivity contribution in [3.05, 3.63) is 41.4 Å². The predicted molar refractivity (Wildman–Crippen MR) is 76.4 cm³/mol. The molecule has 0 spiro atoms. The Morgan fingerprint density at radius 3 is 2.79 bits per heavy atom. The zero-order valence-corrected chi connectivity index (χ0v) is 11.5. The summed E-state index contributed by atoms with van der Waals surface area (Å²) < 4.78 is 5.51. The van der Waals surface area contributed by atoms with Gasteiger partial charge in [-0.25, -0.2) is 0 Å². The first-order valence-electron chi connectivity index (χ1n) is 6.57. The molecule has 19 heavy (non-hydrogen) atoms. The SMILES string of the molecule is O=C(NCCOc1ccc(Cl)cc1)C1CC=CCC1. The van der Waals surface area contributed by atoms with Crippen LogP contribution in [-0.4, -0.2) is 19.1 Å². The van der Waals surface area contributed by atoms with Gasteiger partial charge in [0.15, 0.2) is 0 Å². The smallest absolute Gasteiger partial charge is 0.223 e. The molecule has 0 radical (unpaired) electrons. The van der Waals surface area contributed by atoms with Gasteiger partial charge in [0.1, 0.15) is 12.4 Å². The molecule has 0 bridgehead atoms. The summed E-state index contributed by atoms with van der Waals surface area (Å²) in [5, 5.41) is 3.60. The minimum absolute atomic E-state index is 0.125. The number of allylic oxidation sites excluding steroid dienone is 2. The van der Waals surface area contributed by atoms with Crippen LogP contribution >= 0.6 is 11.6 Å². The van der Waals surface area contributed by atoms with Gasteiger partial charge in [0.25, 0.3) is 0 Å². The summed E-state index contributed by atoms with van der Waals surface area (Å²) in [6.07, 6.45) is 7.01. The number of carbonyl (C=O) groups excluding carboxylic acids is 1. The van der Waals surface area contributed by atoms with Gasteiger partial charge in [0, 0.05) is 10.9 Å². The van der Waals surface area contributed by atoms with Crippen molar-refractivity contribution in [3.63, 3.8) is 0 Å². The van der Waals surface area contributed by atoms with Crippen LogP contribution in [0.2, 0.25) is 5.02 Å². The monoisotopic (exact) mass is 279 g/mol. The second-order valence-corrected chi connectivity index (χ2v) is 5.01. The van der Waals surface area contributed by atoms with Crippen LogP contribution in [0.4, 0.5) is 0 Å². The van der Waals surface area contributed by atoms with Crippen LogP contribution in [0.5, 0.6) is 5.75 Å². The van der Waals surface area contributed by atoms with E-state index in [9.17, 15) is 4.79 Å². The maximum atomic E-state index is 11.8. The van der Waals surface area contributed by atoms with Crippen molar-refractivity contribution in [2.24, 2.45) is 5.92 Å². The summed E-state index contributed by atoms with van der Waals surface area (Å²) in [4.78, 5) is 11.8. The summed E-state index contributed by atoms with van der Waals surface area (Å²) in [5.41, 5.74) is 0. The molecule has 1 amide bonds. The zero-order valence-electron chi connectivity index (χ0n) is 10.8. The summed E-state index contributed by atoms with van der Waals surface area (Å²) in [7, 11) is 0. The topological polar surface area (TPSA) is 38.3 Å². The van der Waals surface area contributed by atoms with Crippen molar-refractivity contribution < 1.29 is 9.53 Å². The number of hydrogen-bond donors (Lipinski definition) is 1. The van der Waals surface area contributed by atoms with Crippen molar-refractivity contribution in [2.45, 2.75) is 19.3 Å². The number of ether oxygens (including phenoxy) is 1. The molecule has 0 heterocycles. The van der Waals surface area contributed by atoms with Crippen LogP contribution in [0.3, 0.4) is 0 Å². The van der Waals surface area contributed by atoms with E-state index < -0.39 is 0 Å². The fourth-order valence-corrected chi connectivity index (χ4v) is 2.18. The van der Waals surface area contributed by atoms with Crippen LogP contribution in [-0.2, 0) is 4.79 Å². The maximum Gasteiger partial charge on any atom is 0.223 e. The second-order valence-electron chi connectivity index (χ2n) is 4.57. The molecule has 0 aromatic heterocycles. The van der Waals surface area contributed by atoms with Gasteiger partial charge in [0.05, 0.1) is 6.54 Å². The van der Waals surface area contributed by atoms with E-state index in [0.29, 0.717) is 18.2 Å². The molecule has 0 aliphatic heterocycles. The zero-order chi connectivity index (χ0) is 13.5. The fourth-order valence-electron chi connectivity index (χ4n) is 2.05. The number of benzene rings is 1. The number of carbonyl (C=O) groups is 1. The minimum Gasteiger partial charge on any atom is -0.492 e. The molecule has 1 aliphatic carbocycles. The van der Waals surface area contributed by atoms with E-state index in [0.717, 1.165) is 25.0 Å². The first kappa shape index (κ1) is 13.9. The Hall–Kier alpha value is -1.48. The third kappa shape index (κ3) is 4.60. The molecule has 0 saturated carbocycles. The standard InChI is InChI=1S/C15H18ClNO2/c16-13-6-8-14(9-7-13)19-11-10-17-15(18)12-4-2-1-3-5-12/h1-2,6-9,12H,3-5,10-11H2,(H,17,18). The third-order valence-electron chi connectivity index (χ3n) is 3.12. The normalized spacial score (nSPS) is 18.1. The van der Waals surface area contributed by atoms with E-state index in [4.69, 9.17) is 16.3 Å². The predicted octanol–water partition coefficient (Wildman–Crippen LogP) is 3.19. The van der Waals surface area contributed by atoms with Crippen molar-refractivity contribution in [2.75, 3.05) is 13.2 Å². The lowest BCUT2D eigenvalue weighted by atomic mass is 9.94. The first-order chi connectivity index (χ1) is 9.25. The molecule has 1 atom stereocenters. The minimum atomic E-state index is 0.125. The van der Waals surface area contributed by atoms with Crippen molar-refractivity contribution >= 4 is 17.5 Å². The Balaban J connectivity index is 1.65. The summed E-state index contributed by atoms with van der Waals surface area (Å²) >= 11 is 5.78. The Bertz CT molecular complexity index is 442. The molecule has 1 N–H and O–H groups in total. The van der Waals surface area contributed by atoms with Crippen LogP contribution in [0.15, 0.2) is 36.4 Å². The lowest BCUT2D eigenvalue weighted by Gasteiger charge is -2.17. The van der Waals surface area contributed by atoms with E-state index in [2.05, 4.69) is 17.5 Å². The van der Waals surface area contributed by atoms with Crippen molar-refractivity contribution in [1.29, 1.82) is 0 Å². The lowest BCUT2D eigenvalue weighted by molar-refractivity contribution is -0.125. The van der Waals surface area contributed by atoms with Gasteiger partial charge >= 0.3 is 0 Å². The van der Waals surface area contributed by atoms with Gasteiger partial charge in [-0.2, -0.15) is 0 Å². The molecular formula is C15H18ClNO2. The molecule has 2 rings (SSSR count). The van der Waals surface area contributed by atoms with E-state index in [1.807, 2.05) is 12.1 Å². The van der Waals surface area contributed by atoms with E-state index >= 15 is 0 Å².